The molecule has 0 radical (unpaired) electrons. The molecule has 3 rings (SSSR count). The lowest BCUT2D eigenvalue weighted by molar-refractivity contribution is 0.0992. The van der Waals surface area contributed by atoms with Crippen molar-refractivity contribution in [2.75, 3.05) is 12.8 Å². The molecule has 0 unspecified atom stereocenters. The Morgan fingerprint density at radius 3 is 3.10 bits per heavy atom. The Labute approximate surface area is 119 Å². The number of hydrogen-bond donors (Lipinski definition) is 1. The van der Waals surface area contributed by atoms with Gasteiger partial charge in [0.15, 0.2) is 10.7 Å². The Morgan fingerprint density at radius 1 is 1.50 bits per heavy atom. The minimum atomic E-state index is -0.0628. The number of carbonyl (C=O) groups is 1. The zero-order chi connectivity index (χ0) is 14.1. The number of hydrogen-bond acceptors (Lipinski definition) is 5. The molecule has 0 saturated heterocycles. The molecule has 0 amide bonds. The van der Waals surface area contributed by atoms with Crippen LogP contribution >= 0.6 is 11.3 Å². The highest BCUT2D eigenvalue weighted by Gasteiger charge is 2.14. The van der Waals surface area contributed by atoms with E-state index in [1.54, 1.807) is 25.3 Å². The topological polar surface area (TPSA) is 69.6 Å². The summed E-state index contributed by atoms with van der Waals surface area (Å²) < 4.78 is 7.02. The largest absolute Gasteiger partial charge is 0.497 e. The number of nitrogens with zero attached hydrogens (tertiary/aromatic N) is 2. The van der Waals surface area contributed by atoms with E-state index in [4.69, 9.17) is 10.5 Å². The summed E-state index contributed by atoms with van der Waals surface area (Å²) in [6, 6.07) is 5.08. The maximum Gasteiger partial charge on any atom is 0.193 e. The molecular formula is C14H13N3O2S. The summed E-state index contributed by atoms with van der Waals surface area (Å²) in [6.45, 7) is 0. The number of rotatable bonds is 4. The van der Waals surface area contributed by atoms with Gasteiger partial charge in [-0.3, -0.25) is 9.20 Å². The second-order valence-electron chi connectivity index (χ2n) is 4.38. The van der Waals surface area contributed by atoms with E-state index in [2.05, 4.69) is 4.98 Å². The van der Waals surface area contributed by atoms with Gasteiger partial charge < -0.3 is 10.5 Å². The van der Waals surface area contributed by atoms with Crippen LogP contribution in [0.4, 0.5) is 5.69 Å². The molecule has 6 heteroatoms. The van der Waals surface area contributed by atoms with Gasteiger partial charge in [-0.2, -0.15) is 0 Å². The first kappa shape index (κ1) is 12.7. The summed E-state index contributed by atoms with van der Waals surface area (Å²) in [7, 11) is 1.56. The smallest absolute Gasteiger partial charge is 0.193 e. The van der Waals surface area contributed by atoms with Crippen LogP contribution in [0.3, 0.4) is 0 Å². The molecule has 2 aromatic heterocycles. The van der Waals surface area contributed by atoms with Crippen molar-refractivity contribution in [2.45, 2.75) is 6.42 Å². The third-order valence-corrected chi connectivity index (χ3v) is 3.82. The number of methoxy groups -OCH3 is 1. The van der Waals surface area contributed by atoms with Crippen LogP contribution in [0.1, 0.15) is 16.1 Å². The van der Waals surface area contributed by atoms with Gasteiger partial charge in [0.05, 0.1) is 19.2 Å². The van der Waals surface area contributed by atoms with Gasteiger partial charge in [0.1, 0.15) is 5.75 Å². The van der Waals surface area contributed by atoms with Crippen molar-refractivity contribution in [3.63, 3.8) is 0 Å². The average Bonchev–Trinajstić information content (AvgIpc) is 3.00. The number of carbonyl (C=O) groups excluding carboxylic acids is 1. The Kier molecular flexibility index (Phi) is 3.15. The van der Waals surface area contributed by atoms with E-state index in [0.29, 0.717) is 17.0 Å². The minimum absolute atomic E-state index is 0.0628. The van der Waals surface area contributed by atoms with Crippen molar-refractivity contribution < 1.29 is 9.53 Å². The molecule has 1 aromatic carbocycles. The van der Waals surface area contributed by atoms with E-state index in [-0.39, 0.29) is 12.2 Å². The van der Waals surface area contributed by atoms with Gasteiger partial charge in [0.25, 0.3) is 0 Å². The average molecular weight is 287 g/mol. The maximum absolute atomic E-state index is 12.3. The third kappa shape index (κ3) is 2.25. The first-order valence-electron chi connectivity index (χ1n) is 6.05. The van der Waals surface area contributed by atoms with E-state index in [9.17, 15) is 4.79 Å². The molecule has 0 bridgehead atoms. The molecule has 0 saturated carbocycles. The molecule has 0 fully saturated rings. The van der Waals surface area contributed by atoms with Crippen molar-refractivity contribution in [3.05, 3.63) is 47.2 Å². The van der Waals surface area contributed by atoms with Crippen molar-refractivity contribution in [2.24, 2.45) is 0 Å². The molecule has 5 nitrogen and oxygen atoms in total. The number of ketones is 1. The number of ether oxygens (including phenoxy) is 1. The molecule has 0 atom stereocenters. The number of imidazole rings is 1. The molecule has 3 aromatic rings. The predicted molar refractivity (Wildman–Crippen MR) is 78.5 cm³/mol. The molecule has 0 aliphatic rings. The molecular weight excluding hydrogens is 274 g/mol. The second-order valence-corrected chi connectivity index (χ2v) is 5.25. The summed E-state index contributed by atoms with van der Waals surface area (Å²) in [4.78, 5) is 17.6. The molecule has 0 spiro atoms. The SMILES string of the molecule is COc1ccc(N)c(C(=O)Cc2cn3ccsc3n2)c1. The number of anilines is 1. The minimum Gasteiger partial charge on any atom is -0.497 e. The Morgan fingerprint density at radius 2 is 2.35 bits per heavy atom. The Balaban J connectivity index is 1.87. The number of fused-ring (bicyclic) bond motifs is 1. The summed E-state index contributed by atoms with van der Waals surface area (Å²) in [5, 5.41) is 1.95. The van der Waals surface area contributed by atoms with Gasteiger partial charge in [-0.05, 0) is 18.2 Å². The van der Waals surface area contributed by atoms with Crippen LogP contribution in [0, 0.1) is 0 Å². The van der Waals surface area contributed by atoms with Gasteiger partial charge in [0, 0.05) is 29.0 Å². The number of benzene rings is 1. The summed E-state index contributed by atoms with van der Waals surface area (Å²) in [5.41, 5.74) is 7.52. The fourth-order valence-electron chi connectivity index (χ4n) is 2.02. The molecule has 0 aliphatic heterocycles. The first-order valence-corrected chi connectivity index (χ1v) is 6.93. The van der Waals surface area contributed by atoms with Crippen molar-refractivity contribution >= 4 is 27.8 Å². The number of aromatic nitrogens is 2. The van der Waals surface area contributed by atoms with E-state index in [1.165, 1.54) is 11.3 Å². The zero-order valence-electron chi connectivity index (χ0n) is 10.9. The van der Waals surface area contributed by atoms with E-state index in [1.807, 2.05) is 22.2 Å². The quantitative estimate of drug-likeness (QED) is 0.591. The normalized spacial score (nSPS) is 10.8. The van der Waals surface area contributed by atoms with Crippen LogP contribution in [0.5, 0.6) is 5.75 Å². The Bertz CT molecular complexity index is 747. The lowest BCUT2D eigenvalue weighted by Gasteiger charge is -2.06. The van der Waals surface area contributed by atoms with Crippen molar-refractivity contribution in [1.82, 2.24) is 9.38 Å². The van der Waals surface area contributed by atoms with Crippen LogP contribution in [0.25, 0.3) is 4.96 Å². The number of Topliss-reactive ketones (excluding diaryl/α,β-unsaturated/α-hetero) is 1. The monoisotopic (exact) mass is 287 g/mol. The standard InChI is InChI=1S/C14H13N3O2S/c1-19-10-2-3-12(15)11(7-10)13(18)6-9-8-17-4-5-20-14(17)16-9/h2-5,7-8H,6,15H2,1H3. The van der Waals surface area contributed by atoms with E-state index in [0.717, 1.165) is 10.7 Å². The molecule has 2 N–H and O–H groups in total. The Hall–Kier alpha value is -2.34. The highest BCUT2D eigenvalue weighted by Crippen LogP contribution is 2.21. The fourth-order valence-corrected chi connectivity index (χ4v) is 2.74. The van der Waals surface area contributed by atoms with Gasteiger partial charge >= 0.3 is 0 Å². The van der Waals surface area contributed by atoms with Crippen molar-refractivity contribution in [3.8, 4) is 5.75 Å². The molecule has 102 valence electrons. The predicted octanol–water partition coefficient (Wildman–Crippen LogP) is 2.41. The first-order chi connectivity index (χ1) is 9.67. The van der Waals surface area contributed by atoms with Crippen LogP contribution in [-0.4, -0.2) is 22.3 Å². The van der Waals surface area contributed by atoms with Gasteiger partial charge in [-0.15, -0.1) is 11.3 Å². The van der Waals surface area contributed by atoms with Crippen LogP contribution < -0.4 is 10.5 Å². The van der Waals surface area contributed by atoms with Gasteiger partial charge in [-0.25, -0.2) is 4.98 Å². The summed E-state index contributed by atoms with van der Waals surface area (Å²) in [6.07, 6.45) is 4.01. The number of nitrogen functional groups attached to an aromatic ring is 1. The van der Waals surface area contributed by atoms with E-state index >= 15 is 0 Å². The van der Waals surface area contributed by atoms with Crippen LogP contribution in [0.2, 0.25) is 0 Å². The van der Waals surface area contributed by atoms with Crippen molar-refractivity contribution in [1.29, 1.82) is 0 Å². The molecule has 20 heavy (non-hydrogen) atoms. The lowest BCUT2D eigenvalue weighted by atomic mass is 10.0. The lowest BCUT2D eigenvalue weighted by Crippen LogP contribution is -2.07. The summed E-state index contributed by atoms with van der Waals surface area (Å²) >= 11 is 1.54. The van der Waals surface area contributed by atoms with Crippen LogP contribution in [0.15, 0.2) is 36.0 Å². The van der Waals surface area contributed by atoms with E-state index < -0.39 is 0 Å². The molecule has 0 aliphatic carbocycles. The van der Waals surface area contributed by atoms with Gasteiger partial charge in [-0.1, -0.05) is 0 Å². The highest BCUT2D eigenvalue weighted by atomic mass is 32.1. The van der Waals surface area contributed by atoms with Crippen LogP contribution in [-0.2, 0) is 6.42 Å². The summed E-state index contributed by atoms with van der Waals surface area (Å²) in [5.74, 6) is 0.556. The second kappa shape index (κ2) is 4.97. The molecule has 2 heterocycles. The fraction of sp³-hybridized carbons (Fsp3) is 0.143. The zero-order valence-corrected chi connectivity index (χ0v) is 11.7. The maximum atomic E-state index is 12.3. The highest BCUT2D eigenvalue weighted by molar-refractivity contribution is 7.15. The third-order valence-electron chi connectivity index (χ3n) is 3.05. The number of thiazole rings is 1. The number of nitrogens with two attached hydrogens (primary N) is 1. The van der Waals surface area contributed by atoms with Gasteiger partial charge in [0.2, 0.25) is 0 Å².